The van der Waals surface area contributed by atoms with Crippen molar-refractivity contribution in [3.05, 3.63) is 0 Å². The lowest BCUT2D eigenvalue weighted by Gasteiger charge is -2.20. The number of imide groups is 1. The Morgan fingerprint density at radius 2 is 1.83 bits per heavy atom. The molecule has 1 aliphatic rings. The molecule has 1 rings (SSSR count). The van der Waals surface area contributed by atoms with E-state index in [4.69, 9.17) is 4.74 Å². The van der Waals surface area contributed by atoms with Crippen LogP contribution in [-0.4, -0.2) is 30.1 Å². The number of carbonyl (C=O) groups is 3. The molecule has 0 aromatic carbocycles. The molecule has 0 spiro atoms. The molecule has 0 heterocycles. The Morgan fingerprint density at radius 3 is 2.28 bits per heavy atom. The van der Waals surface area contributed by atoms with Gasteiger partial charge in [-0.15, -0.1) is 0 Å². The highest BCUT2D eigenvalue weighted by molar-refractivity contribution is 5.95. The predicted octanol–water partition coefficient (Wildman–Crippen LogP) is 0.810. The molecule has 2 atom stereocenters. The van der Waals surface area contributed by atoms with Gasteiger partial charge in [0, 0.05) is 5.54 Å². The Kier molecular flexibility index (Phi) is 4.32. The van der Waals surface area contributed by atoms with Gasteiger partial charge in [0.1, 0.15) is 0 Å². The van der Waals surface area contributed by atoms with E-state index in [-0.39, 0.29) is 11.9 Å². The first-order chi connectivity index (χ1) is 8.19. The molecule has 102 valence electrons. The van der Waals surface area contributed by atoms with Gasteiger partial charge in [0.05, 0.1) is 5.92 Å². The van der Waals surface area contributed by atoms with Crippen LogP contribution in [0.5, 0.6) is 0 Å². The van der Waals surface area contributed by atoms with Crippen LogP contribution in [0, 0.1) is 11.8 Å². The van der Waals surface area contributed by atoms with Gasteiger partial charge in [-0.05, 0) is 33.1 Å². The largest absolute Gasteiger partial charge is 0.455 e. The standard InChI is InChI=1S/C12H20N2O4/c1-7-5-8(7)10(16)18-6-9(15)13-11(17)14-12(2,3)4/h7-8H,5-6H2,1-4H3,(H2,13,14,15,17)/t7-,8+/m0/s1. The highest BCUT2D eigenvalue weighted by atomic mass is 16.5. The summed E-state index contributed by atoms with van der Waals surface area (Å²) in [5.74, 6) is -0.738. The zero-order chi connectivity index (χ0) is 13.9. The normalized spacial score (nSPS) is 22.0. The SMILES string of the molecule is C[C@H]1C[C@H]1C(=O)OCC(=O)NC(=O)NC(C)(C)C. The van der Waals surface area contributed by atoms with Crippen LogP contribution in [0.2, 0.25) is 0 Å². The van der Waals surface area contributed by atoms with E-state index in [2.05, 4.69) is 10.6 Å². The Bertz CT molecular complexity index is 360. The quantitative estimate of drug-likeness (QED) is 0.732. The van der Waals surface area contributed by atoms with Crippen LogP contribution in [0.25, 0.3) is 0 Å². The van der Waals surface area contributed by atoms with E-state index in [0.29, 0.717) is 5.92 Å². The first kappa shape index (κ1) is 14.5. The first-order valence-electron chi connectivity index (χ1n) is 5.97. The number of esters is 1. The molecule has 0 radical (unpaired) electrons. The third kappa shape index (κ3) is 5.16. The van der Waals surface area contributed by atoms with Crippen molar-refractivity contribution in [1.82, 2.24) is 10.6 Å². The third-order valence-corrected chi connectivity index (χ3v) is 2.50. The van der Waals surface area contributed by atoms with Crippen molar-refractivity contribution >= 4 is 17.9 Å². The molecule has 2 N–H and O–H groups in total. The molecule has 0 aliphatic heterocycles. The van der Waals surface area contributed by atoms with Crippen LogP contribution in [0.4, 0.5) is 4.79 Å². The maximum Gasteiger partial charge on any atom is 0.321 e. The second kappa shape index (κ2) is 5.37. The topological polar surface area (TPSA) is 84.5 Å². The van der Waals surface area contributed by atoms with Crippen molar-refractivity contribution in [2.24, 2.45) is 11.8 Å². The Labute approximate surface area is 106 Å². The maximum atomic E-state index is 11.3. The van der Waals surface area contributed by atoms with E-state index in [0.717, 1.165) is 6.42 Å². The summed E-state index contributed by atoms with van der Waals surface area (Å²) < 4.78 is 4.80. The van der Waals surface area contributed by atoms with E-state index < -0.39 is 24.1 Å². The van der Waals surface area contributed by atoms with Crippen LogP contribution in [0.1, 0.15) is 34.1 Å². The molecule has 6 heteroatoms. The van der Waals surface area contributed by atoms with Crippen LogP contribution < -0.4 is 10.6 Å². The molecule has 0 unspecified atom stereocenters. The summed E-state index contributed by atoms with van der Waals surface area (Å²) in [5, 5.41) is 4.66. The van der Waals surface area contributed by atoms with E-state index in [1.807, 2.05) is 6.92 Å². The summed E-state index contributed by atoms with van der Waals surface area (Å²) in [4.78, 5) is 34.0. The lowest BCUT2D eigenvalue weighted by molar-refractivity contribution is -0.149. The fourth-order valence-corrected chi connectivity index (χ4v) is 1.43. The molecule has 6 nitrogen and oxygen atoms in total. The molecule has 0 aromatic rings. The van der Waals surface area contributed by atoms with Crippen molar-refractivity contribution in [2.45, 2.75) is 39.7 Å². The van der Waals surface area contributed by atoms with E-state index >= 15 is 0 Å². The van der Waals surface area contributed by atoms with Gasteiger partial charge >= 0.3 is 12.0 Å². The minimum Gasteiger partial charge on any atom is -0.455 e. The second-order valence-electron chi connectivity index (χ2n) is 5.68. The second-order valence-corrected chi connectivity index (χ2v) is 5.68. The third-order valence-electron chi connectivity index (χ3n) is 2.50. The van der Waals surface area contributed by atoms with Crippen LogP contribution in [0.15, 0.2) is 0 Å². The van der Waals surface area contributed by atoms with E-state index in [1.54, 1.807) is 20.8 Å². The zero-order valence-corrected chi connectivity index (χ0v) is 11.2. The molecule has 1 aliphatic carbocycles. The molecule has 0 bridgehead atoms. The van der Waals surface area contributed by atoms with Gasteiger partial charge < -0.3 is 10.1 Å². The van der Waals surface area contributed by atoms with Gasteiger partial charge in [-0.1, -0.05) is 6.92 Å². The molecule has 1 saturated carbocycles. The van der Waals surface area contributed by atoms with Gasteiger partial charge in [-0.3, -0.25) is 14.9 Å². The van der Waals surface area contributed by atoms with Crippen molar-refractivity contribution in [3.8, 4) is 0 Å². The van der Waals surface area contributed by atoms with Gasteiger partial charge in [0.15, 0.2) is 6.61 Å². The fraction of sp³-hybridized carbons (Fsp3) is 0.750. The average molecular weight is 256 g/mol. The maximum absolute atomic E-state index is 11.3. The monoisotopic (exact) mass is 256 g/mol. The Balaban J connectivity index is 2.21. The van der Waals surface area contributed by atoms with Crippen molar-refractivity contribution < 1.29 is 19.1 Å². The smallest absolute Gasteiger partial charge is 0.321 e. The highest BCUT2D eigenvalue weighted by Crippen LogP contribution is 2.38. The minimum absolute atomic E-state index is 0.0822. The lowest BCUT2D eigenvalue weighted by Crippen LogP contribution is -2.49. The van der Waals surface area contributed by atoms with Gasteiger partial charge in [0.2, 0.25) is 0 Å². The van der Waals surface area contributed by atoms with Gasteiger partial charge in [-0.2, -0.15) is 0 Å². The Hall–Kier alpha value is -1.59. The van der Waals surface area contributed by atoms with E-state index in [9.17, 15) is 14.4 Å². The number of hydrogen-bond donors (Lipinski definition) is 2. The summed E-state index contributed by atoms with van der Waals surface area (Å²) in [6, 6.07) is -0.594. The highest BCUT2D eigenvalue weighted by Gasteiger charge is 2.40. The van der Waals surface area contributed by atoms with Crippen LogP contribution in [0.3, 0.4) is 0 Å². The van der Waals surface area contributed by atoms with Crippen molar-refractivity contribution in [1.29, 1.82) is 0 Å². The predicted molar refractivity (Wildman–Crippen MR) is 64.7 cm³/mol. The fourth-order valence-electron chi connectivity index (χ4n) is 1.43. The molecule has 3 amide bonds. The van der Waals surface area contributed by atoms with E-state index in [1.165, 1.54) is 0 Å². The molecule has 18 heavy (non-hydrogen) atoms. The van der Waals surface area contributed by atoms with Gasteiger partial charge in [-0.25, -0.2) is 4.79 Å². The molecular weight excluding hydrogens is 236 g/mol. The summed E-state index contributed by atoms with van der Waals surface area (Å²) in [6.07, 6.45) is 0.810. The number of carbonyl (C=O) groups excluding carboxylic acids is 3. The number of rotatable bonds is 3. The molecule has 1 fully saturated rings. The number of urea groups is 1. The Morgan fingerprint density at radius 1 is 1.28 bits per heavy atom. The van der Waals surface area contributed by atoms with Gasteiger partial charge in [0.25, 0.3) is 5.91 Å². The number of ether oxygens (including phenoxy) is 1. The number of hydrogen-bond acceptors (Lipinski definition) is 4. The molecule has 0 aromatic heterocycles. The minimum atomic E-state index is -0.626. The first-order valence-corrected chi connectivity index (χ1v) is 5.97. The van der Waals surface area contributed by atoms with Crippen molar-refractivity contribution in [2.75, 3.05) is 6.61 Å². The van der Waals surface area contributed by atoms with Crippen molar-refractivity contribution in [3.63, 3.8) is 0 Å². The summed E-state index contributed by atoms with van der Waals surface area (Å²) >= 11 is 0. The molecular formula is C12H20N2O4. The van der Waals surface area contributed by atoms with Crippen LogP contribution in [-0.2, 0) is 14.3 Å². The zero-order valence-electron chi connectivity index (χ0n) is 11.2. The average Bonchev–Trinajstić information content (AvgIpc) is 2.88. The van der Waals surface area contributed by atoms with Crippen LogP contribution >= 0.6 is 0 Å². The summed E-state index contributed by atoms with van der Waals surface area (Å²) in [6.45, 7) is 6.92. The summed E-state index contributed by atoms with van der Waals surface area (Å²) in [7, 11) is 0. The summed E-state index contributed by atoms with van der Waals surface area (Å²) in [5.41, 5.74) is -0.426. The lowest BCUT2D eigenvalue weighted by atomic mass is 10.1. The number of amides is 3. The molecule has 0 saturated heterocycles. The number of nitrogens with one attached hydrogen (secondary N) is 2.